The molecule has 2 heterocycles. The van der Waals surface area contributed by atoms with Crippen LogP contribution < -0.4 is 4.90 Å². The molecule has 5 nitrogen and oxygen atoms in total. The number of ether oxygens (including phenoxy) is 1. The fraction of sp³-hybridized carbons (Fsp3) is 0.400. The number of morpholine rings is 1. The van der Waals surface area contributed by atoms with Gasteiger partial charge in [-0.2, -0.15) is 0 Å². The van der Waals surface area contributed by atoms with Crippen molar-refractivity contribution in [1.82, 2.24) is 4.98 Å². The molecule has 1 fully saturated rings. The van der Waals surface area contributed by atoms with Crippen LogP contribution in [0.15, 0.2) is 12.3 Å². The van der Waals surface area contributed by atoms with E-state index in [2.05, 4.69) is 4.98 Å². The normalized spacial score (nSPS) is 16.2. The predicted molar refractivity (Wildman–Crippen MR) is 54.2 cm³/mol. The Morgan fingerprint density at radius 3 is 2.81 bits per heavy atom. The molecule has 16 heavy (non-hydrogen) atoms. The Kier molecular flexibility index (Phi) is 3.00. The van der Waals surface area contributed by atoms with Crippen LogP contribution in [0.1, 0.15) is 10.4 Å². The molecule has 0 bridgehead atoms. The van der Waals surface area contributed by atoms with Crippen molar-refractivity contribution in [3.05, 3.63) is 23.6 Å². The van der Waals surface area contributed by atoms with E-state index < -0.39 is 11.8 Å². The lowest BCUT2D eigenvalue weighted by atomic mass is 10.2. The van der Waals surface area contributed by atoms with Gasteiger partial charge in [-0.1, -0.05) is 0 Å². The van der Waals surface area contributed by atoms with Crippen molar-refractivity contribution in [3.8, 4) is 0 Å². The van der Waals surface area contributed by atoms with Gasteiger partial charge in [-0.25, -0.2) is 14.2 Å². The molecule has 1 aromatic heterocycles. The molecule has 2 rings (SSSR count). The molecule has 0 unspecified atom stereocenters. The summed E-state index contributed by atoms with van der Waals surface area (Å²) in [4.78, 5) is 16.6. The number of hydrogen-bond donors (Lipinski definition) is 1. The first-order valence-electron chi connectivity index (χ1n) is 4.90. The van der Waals surface area contributed by atoms with E-state index in [1.165, 1.54) is 0 Å². The minimum absolute atomic E-state index is 0.109. The minimum Gasteiger partial charge on any atom is -0.478 e. The average molecular weight is 226 g/mol. The predicted octanol–water partition coefficient (Wildman–Crippen LogP) is 0.756. The van der Waals surface area contributed by atoms with E-state index in [9.17, 15) is 9.18 Å². The fourth-order valence-electron chi connectivity index (χ4n) is 1.62. The van der Waals surface area contributed by atoms with E-state index in [4.69, 9.17) is 9.84 Å². The Morgan fingerprint density at radius 2 is 2.19 bits per heavy atom. The van der Waals surface area contributed by atoms with Crippen molar-refractivity contribution in [2.24, 2.45) is 0 Å². The second kappa shape index (κ2) is 4.44. The molecule has 1 aliphatic rings. The van der Waals surface area contributed by atoms with Crippen molar-refractivity contribution in [1.29, 1.82) is 0 Å². The summed E-state index contributed by atoms with van der Waals surface area (Å²) in [5.41, 5.74) is -0.109. The number of halogens is 1. The van der Waals surface area contributed by atoms with Crippen LogP contribution in [0, 0.1) is 5.82 Å². The van der Waals surface area contributed by atoms with Crippen LogP contribution in [0.5, 0.6) is 0 Å². The zero-order valence-electron chi connectivity index (χ0n) is 8.52. The smallest absolute Gasteiger partial charge is 0.339 e. The van der Waals surface area contributed by atoms with Gasteiger partial charge >= 0.3 is 5.97 Å². The summed E-state index contributed by atoms with van der Waals surface area (Å²) in [6.45, 7) is 2.19. The van der Waals surface area contributed by atoms with Crippen molar-refractivity contribution >= 4 is 11.8 Å². The van der Waals surface area contributed by atoms with E-state index in [1.807, 2.05) is 0 Å². The van der Waals surface area contributed by atoms with Crippen LogP contribution >= 0.6 is 0 Å². The maximum Gasteiger partial charge on any atom is 0.339 e. The number of carboxylic acid groups (broad SMARTS) is 1. The number of aromatic carboxylic acids is 1. The van der Waals surface area contributed by atoms with E-state index >= 15 is 0 Å². The highest BCUT2D eigenvalue weighted by atomic mass is 19.1. The van der Waals surface area contributed by atoms with E-state index in [0.29, 0.717) is 32.1 Å². The summed E-state index contributed by atoms with van der Waals surface area (Å²) in [5, 5.41) is 8.96. The van der Waals surface area contributed by atoms with Crippen LogP contribution in [0.2, 0.25) is 0 Å². The van der Waals surface area contributed by atoms with Crippen LogP contribution in [0.25, 0.3) is 0 Å². The summed E-state index contributed by atoms with van der Waals surface area (Å²) in [6, 6.07) is 0.986. The molecular weight excluding hydrogens is 215 g/mol. The Hall–Kier alpha value is -1.69. The van der Waals surface area contributed by atoms with Gasteiger partial charge in [0.2, 0.25) is 0 Å². The quantitative estimate of drug-likeness (QED) is 0.806. The van der Waals surface area contributed by atoms with Gasteiger partial charge in [0.25, 0.3) is 0 Å². The van der Waals surface area contributed by atoms with E-state index in [1.54, 1.807) is 4.90 Å². The molecule has 6 heteroatoms. The summed E-state index contributed by atoms with van der Waals surface area (Å²) < 4.78 is 18.1. The molecule has 1 aliphatic heterocycles. The molecule has 0 spiro atoms. The Bertz CT molecular complexity index is 405. The largest absolute Gasteiger partial charge is 0.478 e. The zero-order chi connectivity index (χ0) is 11.5. The van der Waals surface area contributed by atoms with Gasteiger partial charge in [-0.15, -0.1) is 0 Å². The molecule has 0 atom stereocenters. The number of nitrogens with zero attached hydrogens (tertiary/aromatic N) is 2. The standard InChI is InChI=1S/C10H11FN2O3/c11-7-5-8(10(14)15)9(12-6-7)13-1-3-16-4-2-13/h5-6H,1-4H2,(H,14,15). The third-order valence-electron chi connectivity index (χ3n) is 2.37. The maximum atomic E-state index is 12.9. The van der Waals surface area contributed by atoms with Crippen molar-refractivity contribution in [3.63, 3.8) is 0 Å². The van der Waals surface area contributed by atoms with E-state index in [-0.39, 0.29) is 5.56 Å². The molecule has 0 saturated carbocycles. The highest BCUT2D eigenvalue weighted by Crippen LogP contribution is 2.19. The van der Waals surface area contributed by atoms with Crippen LogP contribution in [-0.2, 0) is 4.74 Å². The molecule has 0 radical (unpaired) electrons. The SMILES string of the molecule is O=C(O)c1cc(F)cnc1N1CCOCC1. The topological polar surface area (TPSA) is 62.7 Å². The second-order valence-corrected chi connectivity index (χ2v) is 3.43. The Labute approximate surface area is 91.5 Å². The lowest BCUT2D eigenvalue weighted by Crippen LogP contribution is -2.37. The molecule has 1 aromatic rings. The molecule has 0 aromatic carbocycles. The first-order chi connectivity index (χ1) is 7.68. The van der Waals surface area contributed by atoms with Crippen molar-refractivity contribution in [2.45, 2.75) is 0 Å². The molecule has 1 N–H and O–H groups in total. The van der Waals surface area contributed by atoms with Gasteiger partial charge in [0, 0.05) is 13.1 Å². The lowest BCUT2D eigenvalue weighted by Gasteiger charge is -2.28. The van der Waals surface area contributed by atoms with Crippen LogP contribution in [0.3, 0.4) is 0 Å². The van der Waals surface area contributed by atoms with Gasteiger partial charge in [0.05, 0.1) is 19.4 Å². The average Bonchev–Trinajstić information content (AvgIpc) is 2.30. The minimum atomic E-state index is -1.17. The van der Waals surface area contributed by atoms with Crippen LogP contribution in [-0.4, -0.2) is 42.4 Å². The second-order valence-electron chi connectivity index (χ2n) is 3.43. The van der Waals surface area contributed by atoms with Gasteiger partial charge in [-0.05, 0) is 6.07 Å². The van der Waals surface area contributed by atoms with Crippen molar-refractivity contribution < 1.29 is 19.0 Å². The molecule has 0 amide bonds. The number of rotatable bonds is 2. The van der Waals surface area contributed by atoms with Gasteiger partial charge < -0.3 is 14.7 Å². The third-order valence-corrected chi connectivity index (χ3v) is 2.37. The lowest BCUT2D eigenvalue weighted by molar-refractivity contribution is 0.0695. The summed E-state index contributed by atoms with van der Waals surface area (Å²) in [5.74, 6) is -1.51. The number of hydrogen-bond acceptors (Lipinski definition) is 4. The summed E-state index contributed by atoms with van der Waals surface area (Å²) in [6.07, 6.45) is 1.03. The van der Waals surface area contributed by atoms with Gasteiger partial charge in [0.1, 0.15) is 17.2 Å². The van der Waals surface area contributed by atoms with Gasteiger partial charge in [0.15, 0.2) is 0 Å². The molecule has 86 valence electrons. The number of carbonyl (C=O) groups is 1. The number of anilines is 1. The highest BCUT2D eigenvalue weighted by Gasteiger charge is 2.20. The third kappa shape index (κ3) is 2.11. The van der Waals surface area contributed by atoms with Gasteiger partial charge in [-0.3, -0.25) is 0 Å². The number of carboxylic acids is 1. The first kappa shape index (κ1) is 10.8. The van der Waals surface area contributed by atoms with Crippen molar-refractivity contribution in [2.75, 3.05) is 31.2 Å². The zero-order valence-corrected chi connectivity index (χ0v) is 8.52. The fourth-order valence-corrected chi connectivity index (χ4v) is 1.62. The molecular formula is C10H11FN2O3. The number of pyridine rings is 1. The molecule has 0 aliphatic carbocycles. The maximum absolute atomic E-state index is 12.9. The van der Waals surface area contributed by atoms with Crippen LogP contribution in [0.4, 0.5) is 10.2 Å². The molecule has 1 saturated heterocycles. The Balaban J connectivity index is 2.34. The highest BCUT2D eigenvalue weighted by molar-refractivity contribution is 5.93. The monoisotopic (exact) mass is 226 g/mol. The van der Waals surface area contributed by atoms with E-state index in [0.717, 1.165) is 12.3 Å². The Morgan fingerprint density at radius 1 is 1.50 bits per heavy atom. The first-order valence-corrected chi connectivity index (χ1v) is 4.90. The number of aromatic nitrogens is 1. The summed E-state index contributed by atoms with van der Waals surface area (Å²) >= 11 is 0. The summed E-state index contributed by atoms with van der Waals surface area (Å²) in [7, 11) is 0.